The molecule has 0 spiro atoms. The van der Waals surface area contributed by atoms with Crippen LogP contribution < -0.4 is 0 Å². The van der Waals surface area contributed by atoms with Crippen LogP contribution in [-0.2, 0) is 0 Å². The second-order valence-electron chi connectivity index (χ2n) is 6.35. The summed E-state index contributed by atoms with van der Waals surface area (Å²) < 4.78 is 2.49. The fourth-order valence-electron chi connectivity index (χ4n) is 3.81. The number of likely N-dealkylation sites (tertiary alicyclic amines) is 1. The monoisotopic (exact) mass is 316 g/mol. The Morgan fingerprint density at radius 1 is 1.27 bits per heavy atom. The summed E-state index contributed by atoms with van der Waals surface area (Å²) in [6.07, 6.45) is 6.94. The number of nitrogens with zero attached hydrogens (tertiary/aromatic N) is 4. The smallest absolute Gasteiger partial charge is 0.160 e. The highest BCUT2D eigenvalue weighted by molar-refractivity contribution is 7.99. The van der Waals surface area contributed by atoms with Crippen molar-refractivity contribution in [1.82, 2.24) is 19.4 Å². The van der Waals surface area contributed by atoms with Gasteiger partial charge < -0.3 is 9.47 Å². The Morgan fingerprint density at radius 3 is 2.86 bits per heavy atom. The fourth-order valence-corrected chi connectivity index (χ4v) is 5.08. The Hall–Kier alpha value is -1.07. The lowest BCUT2D eigenvalue weighted by molar-refractivity contribution is 0.194. The van der Waals surface area contributed by atoms with Gasteiger partial charge in [-0.3, -0.25) is 0 Å². The molecule has 2 aromatic heterocycles. The van der Waals surface area contributed by atoms with E-state index in [1.54, 1.807) is 0 Å². The van der Waals surface area contributed by atoms with E-state index in [4.69, 9.17) is 4.98 Å². The summed E-state index contributed by atoms with van der Waals surface area (Å²) in [5.41, 5.74) is 2.17. The highest BCUT2D eigenvalue weighted by atomic mass is 32.2. The van der Waals surface area contributed by atoms with Crippen LogP contribution in [0.5, 0.6) is 0 Å². The van der Waals surface area contributed by atoms with E-state index in [0.29, 0.717) is 11.3 Å². The van der Waals surface area contributed by atoms with Gasteiger partial charge in [0, 0.05) is 25.3 Å². The summed E-state index contributed by atoms with van der Waals surface area (Å²) in [7, 11) is 0. The Labute approximate surface area is 136 Å². The van der Waals surface area contributed by atoms with E-state index in [1.165, 1.54) is 56.9 Å². The summed E-state index contributed by atoms with van der Waals surface area (Å²) >= 11 is 2.07. The Balaban J connectivity index is 1.72. The molecule has 1 atom stereocenters. The molecule has 22 heavy (non-hydrogen) atoms. The van der Waals surface area contributed by atoms with Crippen LogP contribution in [0.3, 0.4) is 0 Å². The molecule has 0 aliphatic carbocycles. The van der Waals surface area contributed by atoms with Gasteiger partial charge in [0.15, 0.2) is 5.65 Å². The quantitative estimate of drug-likeness (QED) is 0.865. The molecule has 2 fully saturated rings. The van der Waals surface area contributed by atoms with Crippen molar-refractivity contribution in [3.8, 4) is 0 Å². The van der Waals surface area contributed by atoms with Crippen molar-refractivity contribution in [3.63, 3.8) is 0 Å². The van der Waals surface area contributed by atoms with Crippen LogP contribution in [0.15, 0.2) is 18.3 Å². The normalized spacial score (nSPS) is 24.3. The minimum absolute atomic E-state index is 0.568. The molecule has 4 heterocycles. The van der Waals surface area contributed by atoms with Crippen LogP contribution in [0, 0.1) is 0 Å². The molecule has 118 valence electrons. The van der Waals surface area contributed by atoms with Crippen molar-refractivity contribution in [2.24, 2.45) is 0 Å². The first kappa shape index (κ1) is 14.5. The third-order valence-electron chi connectivity index (χ3n) is 5.06. The molecule has 2 aliphatic heterocycles. The maximum atomic E-state index is 4.98. The molecule has 4 nitrogen and oxygen atoms in total. The Bertz CT molecular complexity index is 639. The number of aromatic nitrogens is 3. The molecule has 2 aliphatic rings. The highest BCUT2D eigenvalue weighted by Crippen LogP contribution is 2.42. The maximum absolute atomic E-state index is 4.98. The van der Waals surface area contributed by atoms with Gasteiger partial charge in [0.2, 0.25) is 0 Å². The molecule has 2 aromatic rings. The maximum Gasteiger partial charge on any atom is 0.160 e. The second kappa shape index (κ2) is 6.20. The molecule has 1 unspecified atom stereocenters. The van der Waals surface area contributed by atoms with Gasteiger partial charge in [0.05, 0.1) is 5.25 Å². The predicted molar refractivity (Wildman–Crippen MR) is 92.3 cm³/mol. The van der Waals surface area contributed by atoms with Crippen LogP contribution >= 0.6 is 11.8 Å². The Morgan fingerprint density at radius 2 is 2.14 bits per heavy atom. The number of hydrogen-bond acceptors (Lipinski definition) is 4. The third-order valence-corrected chi connectivity index (χ3v) is 6.44. The van der Waals surface area contributed by atoms with E-state index in [9.17, 15) is 0 Å². The van der Waals surface area contributed by atoms with Crippen molar-refractivity contribution in [2.45, 2.75) is 43.9 Å². The zero-order valence-corrected chi connectivity index (χ0v) is 14.1. The van der Waals surface area contributed by atoms with Gasteiger partial charge in [-0.25, -0.2) is 9.97 Å². The molecule has 0 amide bonds. The number of hydrogen-bond donors (Lipinski definition) is 0. The number of pyridine rings is 1. The van der Waals surface area contributed by atoms with Gasteiger partial charge in [0.25, 0.3) is 0 Å². The summed E-state index contributed by atoms with van der Waals surface area (Å²) in [4.78, 5) is 12.2. The highest BCUT2D eigenvalue weighted by Gasteiger charge is 2.29. The van der Waals surface area contributed by atoms with E-state index in [1.807, 2.05) is 12.3 Å². The van der Waals surface area contributed by atoms with Gasteiger partial charge in [0.1, 0.15) is 11.3 Å². The van der Waals surface area contributed by atoms with Crippen LogP contribution in [0.2, 0.25) is 0 Å². The first-order valence-corrected chi connectivity index (χ1v) is 9.58. The molecule has 0 aromatic carbocycles. The molecule has 0 bridgehead atoms. The number of imidazole rings is 1. The van der Waals surface area contributed by atoms with Gasteiger partial charge >= 0.3 is 0 Å². The standard InChI is InChI=1S/C17H24N4S/c1-2-20-10-7-13(8-11-20)21-16-14(5-3-9-18-16)19-17(21)15-6-4-12-22-15/h3,5,9,13,15H,2,4,6-8,10-12H2,1H3. The lowest BCUT2D eigenvalue weighted by atomic mass is 10.0. The topological polar surface area (TPSA) is 34.0 Å². The van der Waals surface area contributed by atoms with Crippen molar-refractivity contribution >= 4 is 22.9 Å². The number of piperidine rings is 1. The average molecular weight is 316 g/mol. The van der Waals surface area contributed by atoms with Crippen molar-refractivity contribution in [3.05, 3.63) is 24.2 Å². The number of rotatable bonds is 3. The molecule has 0 saturated carbocycles. The Kier molecular flexibility index (Phi) is 4.09. The van der Waals surface area contributed by atoms with Crippen molar-refractivity contribution in [2.75, 3.05) is 25.4 Å². The van der Waals surface area contributed by atoms with E-state index in [2.05, 4.69) is 39.2 Å². The molecule has 4 rings (SSSR count). The van der Waals surface area contributed by atoms with Crippen LogP contribution in [-0.4, -0.2) is 44.8 Å². The predicted octanol–water partition coefficient (Wildman–Crippen LogP) is 3.66. The van der Waals surface area contributed by atoms with E-state index < -0.39 is 0 Å². The van der Waals surface area contributed by atoms with E-state index in [-0.39, 0.29) is 0 Å². The van der Waals surface area contributed by atoms with Crippen molar-refractivity contribution < 1.29 is 0 Å². The van der Waals surface area contributed by atoms with Crippen LogP contribution in [0.25, 0.3) is 11.2 Å². The van der Waals surface area contributed by atoms with Gasteiger partial charge in [-0.05, 0) is 50.1 Å². The zero-order chi connectivity index (χ0) is 14.9. The SMILES string of the molecule is CCN1CCC(n2c(C3CCCS3)nc3cccnc32)CC1. The molecule has 5 heteroatoms. The second-order valence-corrected chi connectivity index (χ2v) is 7.66. The molecular formula is C17H24N4S. The zero-order valence-electron chi connectivity index (χ0n) is 13.2. The number of thioether (sulfide) groups is 1. The summed E-state index contributed by atoms with van der Waals surface area (Å²) in [5.74, 6) is 2.56. The van der Waals surface area contributed by atoms with Crippen LogP contribution in [0.1, 0.15) is 49.7 Å². The summed E-state index contributed by atoms with van der Waals surface area (Å²) in [6, 6.07) is 4.69. The van der Waals surface area contributed by atoms with E-state index >= 15 is 0 Å². The first-order chi connectivity index (χ1) is 10.9. The molecule has 0 N–H and O–H groups in total. The fraction of sp³-hybridized carbons (Fsp3) is 0.647. The van der Waals surface area contributed by atoms with Gasteiger partial charge in [-0.15, -0.1) is 0 Å². The minimum Gasteiger partial charge on any atom is -0.309 e. The minimum atomic E-state index is 0.568. The third kappa shape index (κ3) is 2.54. The largest absolute Gasteiger partial charge is 0.309 e. The first-order valence-electron chi connectivity index (χ1n) is 8.53. The molecule has 2 saturated heterocycles. The van der Waals surface area contributed by atoms with Crippen molar-refractivity contribution in [1.29, 1.82) is 0 Å². The van der Waals surface area contributed by atoms with Gasteiger partial charge in [-0.1, -0.05) is 6.92 Å². The lowest BCUT2D eigenvalue weighted by Crippen LogP contribution is -2.34. The van der Waals surface area contributed by atoms with Crippen LogP contribution in [0.4, 0.5) is 0 Å². The van der Waals surface area contributed by atoms with E-state index in [0.717, 1.165) is 11.2 Å². The number of fused-ring (bicyclic) bond motifs is 1. The summed E-state index contributed by atoms with van der Waals surface area (Å²) in [5, 5.41) is 0.568. The summed E-state index contributed by atoms with van der Waals surface area (Å²) in [6.45, 7) is 5.83. The average Bonchev–Trinajstić information content (AvgIpc) is 3.22. The molecule has 0 radical (unpaired) electrons. The van der Waals surface area contributed by atoms with Gasteiger partial charge in [-0.2, -0.15) is 11.8 Å². The lowest BCUT2D eigenvalue weighted by Gasteiger charge is -2.33. The molecular weight excluding hydrogens is 292 g/mol.